The Hall–Kier alpha value is -1.95. The number of rotatable bonds is 4. The Balaban J connectivity index is 2.42. The van der Waals surface area contributed by atoms with E-state index >= 15 is 0 Å². The van der Waals surface area contributed by atoms with Gasteiger partial charge in [0.2, 0.25) is 5.16 Å². The molecule has 6 heteroatoms. The van der Waals surface area contributed by atoms with E-state index in [0.717, 1.165) is 5.56 Å². The van der Waals surface area contributed by atoms with Crippen molar-refractivity contribution in [1.82, 2.24) is 14.9 Å². The SMILES string of the molecule is CSc1nnc(C(C)(C)C)c(=O)n1/N=C\c1ccc(C(C)C)cc1. The third-order valence-electron chi connectivity index (χ3n) is 3.63. The van der Waals surface area contributed by atoms with E-state index in [-0.39, 0.29) is 11.0 Å². The maximum Gasteiger partial charge on any atom is 0.297 e. The summed E-state index contributed by atoms with van der Waals surface area (Å²) in [5.41, 5.74) is 2.02. The third kappa shape index (κ3) is 4.12. The van der Waals surface area contributed by atoms with Gasteiger partial charge in [-0.3, -0.25) is 4.79 Å². The van der Waals surface area contributed by atoms with Crippen LogP contribution in [0, 0.1) is 0 Å². The molecule has 0 atom stereocenters. The van der Waals surface area contributed by atoms with Gasteiger partial charge >= 0.3 is 0 Å². The Morgan fingerprint density at radius 3 is 2.29 bits per heavy atom. The zero-order valence-corrected chi connectivity index (χ0v) is 15.9. The number of aromatic nitrogens is 3. The third-order valence-corrected chi connectivity index (χ3v) is 4.25. The van der Waals surface area contributed by atoms with E-state index in [1.54, 1.807) is 6.21 Å². The van der Waals surface area contributed by atoms with Crippen molar-refractivity contribution in [2.75, 3.05) is 6.26 Å². The zero-order chi connectivity index (χ0) is 17.9. The van der Waals surface area contributed by atoms with Crippen molar-refractivity contribution < 1.29 is 0 Å². The van der Waals surface area contributed by atoms with Gasteiger partial charge < -0.3 is 0 Å². The molecule has 2 aromatic rings. The van der Waals surface area contributed by atoms with E-state index in [0.29, 0.717) is 16.8 Å². The summed E-state index contributed by atoms with van der Waals surface area (Å²) < 4.78 is 1.33. The first-order valence-corrected chi connectivity index (χ1v) is 9.15. The van der Waals surface area contributed by atoms with Gasteiger partial charge in [-0.1, -0.05) is 70.6 Å². The molecular formula is C18H24N4OS. The van der Waals surface area contributed by atoms with Gasteiger partial charge in [-0.15, -0.1) is 10.2 Å². The highest BCUT2D eigenvalue weighted by Crippen LogP contribution is 2.18. The molecular weight excluding hydrogens is 320 g/mol. The molecule has 0 N–H and O–H groups in total. The highest BCUT2D eigenvalue weighted by atomic mass is 32.2. The van der Waals surface area contributed by atoms with Crippen LogP contribution in [0.2, 0.25) is 0 Å². The van der Waals surface area contributed by atoms with E-state index in [9.17, 15) is 4.79 Å². The number of benzene rings is 1. The fraction of sp³-hybridized carbons (Fsp3) is 0.444. The van der Waals surface area contributed by atoms with Gasteiger partial charge in [-0.05, 0) is 23.3 Å². The van der Waals surface area contributed by atoms with Gasteiger partial charge in [0.1, 0.15) is 5.69 Å². The normalized spacial score (nSPS) is 12.3. The Kier molecular flexibility index (Phi) is 5.59. The molecule has 0 bridgehead atoms. The van der Waals surface area contributed by atoms with Crippen LogP contribution < -0.4 is 5.56 Å². The summed E-state index contributed by atoms with van der Waals surface area (Å²) in [5, 5.41) is 13.1. The lowest BCUT2D eigenvalue weighted by atomic mass is 9.93. The smallest absolute Gasteiger partial charge is 0.265 e. The molecule has 128 valence electrons. The number of hydrogen-bond donors (Lipinski definition) is 0. The molecule has 0 saturated heterocycles. The Bertz CT molecular complexity index is 786. The highest BCUT2D eigenvalue weighted by Gasteiger charge is 2.23. The summed E-state index contributed by atoms with van der Waals surface area (Å²) in [4.78, 5) is 12.7. The van der Waals surface area contributed by atoms with Gasteiger partial charge in [0.15, 0.2) is 0 Å². The topological polar surface area (TPSA) is 60.1 Å². The maximum atomic E-state index is 12.7. The maximum absolute atomic E-state index is 12.7. The Morgan fingerprint density at radius 1 is 1.17 bits per heavy atom. The van der Waals surface area contributed by atoms with Crippen molar-refractivity contribution in [3.63, 3.8) is 0 Å². The van der Waals surface area contributed by atoms with Crippen molar-refractivity contribution >= 4 is 18.0 Å². The predicted molar refractivity (Wildman–Crippen MR) is 100 cm³/mol. The van der Waals surface area contributed by atoms with Crippen LogP contribution in [0.4, 0.5) is 0 Å². The summed E-state index contributed by atoms with van der Waals surface area (Å²) in [7, 11) is 0. The molecule has 1 aromatic heterocycles. The van der Waals surface area contributed by atoms with Crippen LogP contribution in [0.3, 0.4) is 0 Å². The molecule has 0 aliphatic heterocycles. The van der Waals surface area contributed by atoms with Crippen LogP contribution in [0.1, 0.15) is 57.4 Å². The largest absolute Gasteiger partial charge is 0.297 e. The molecule has 1 heterocycles. The summed E-state index contributed by atoms with van der Waals surface area (Å²) in [6.07, 6.45) is 3.53. The summed E-state index contributed by atoms with van der Waals surface area (Å²) >= 11 is 1.35. The van der Waals surface area contributed by atoms with Gasteiger partial charge in [0.05, 0.1) is 6.21 Å². The summed E-state index contributed by atoms with van der Waals surface area (Å²) in [6, 6.07) is 8.16. The first-order valence-electron chi connectivity index (χ1n) is 7.92. The second kappa shape index (κ2) is 7.30. The van der Waals surface area contributed by atoms with Crippen LogP contribution in [-0.2, 0) is 5.41 Å². The van der Waals surface area contributed by atoms with Crippen LogP contribution in [0.5, 0.6) is 0 Å². The predicted octanol–water partition coefficient (Wildman–Crippen LogP) is 3.66. The van der Waals surface area contributed by atoms with E-state index < -0.39 is 0 Å². The molecule has 1 aromatic carbocycles. The fourth-order valence-corrected chi connectivity index (χ4v) is 2.58. The van der Waals surface area contributed by atoms with Crippen LogP contribution in [0.15, 0.2) is 39.3 Å². The van der Waals surface area contributed by atoms with Crippen molar-refractivity contribution in [2.24, 2.45) is 5.10 Å². The molecule has 5 nitrogen and oxygen atoms in total. The van der Waals surface area contributed by atoms with Crippen molar-refractivity contribution in [3.05, 3.63) is 51.4 Å². The molecule has 0 amide bonds. The van der Waals surface area contributed by atoms with Crippen LogP contribution in [0.25, 0.3) is 0 Å². The van der Waals surface area contributed by atoms with E-state index in [1.165, 1.54) is 22.0 Å². The minimum atomic E-state index is -0.378. The molecule has 0 unspecified atom stereocenters. The highest BCUT2D eigenvalue weighted by molar-refractivity contribution is 7.98. The zero-order valence-electron chi connectivity index (χ0n) is 15.1. The Labute approximate surface area is 147 Å². The molecule has 2 rings (SSSR count). The lowest BCUT2D eigenvalue weighted by Gasteiger charge is -2.16. The standard InChI is InChI=1S/C18H24N4OS/c1-12(2)14-9-7-13(8-10-14)11-19-22-16(23)15(18(3,4)5)20-21-17(22)24-6/h7-12H,1-6H3/b19-11-. The number of thioether (sulfide) groups is 1. The summed E-state index contributed by atoms with van der Waals surface area (Å²) in [6.45, 7) is 10.1. The van der Waals surface area contributed by atoms with Gasteiger partial charge in [-0.25, -0.2) is 0 Å². The lowest BCUT2D eigenvalue weighted by molar-refractivity contribution is 0.510. The molecule has 0 aliphatic rings. The molecule has 0 aliphatic carbocycles. The number of nitrogens with zero attached hydrogens (tertiary/aromatic N) is 4. The van der Waals surface area contributed by atoms with Crippen molar-refractivity contribution in [2.45, 2.75) is 51.1 Å². The molecule has 0 spiro atoms. The van der Waals surface area contributed by atoms with Gasteiger partial charge in [0.25, 0.3) is 5.56 Å². The van der Waals surface area contributed by atoms with Crippen molar-refractivity contribution in [1.29, 1.82) is 0 Å². The molecule has 0 fully saturated rings. The van der Waals surface area contributed by atoms with Crippen LogP contribution in [-0.4, -0.2) is 27.3 Å². The van der Waals surface area contributed by atoms with E-state index in [1.807, 2.05) is 39.2 Å². The second-order valence-corrected chi connectivity index (χ2v) is 7.74. The van der Waals surface area contributed by atoms with Crippen LogP contribution >= 0.6 is 11.8 Å². The summed E-state index contributed by atoms with van der Waals surface area (Å²) in [5.74, 6) is 0.487. The van der Waals surface area contributed by atoms with Gasteiger partial charge in [-0.2, -0.15) is 9.78 Å². The quantitative estimate of drug-likeness (QED) is 0.627. The molecule has 0 saturated carbocycles. The van der Waals surface area contributed by atoms with Gasteiger partial charge in [0, 0.05) is 5.41 Å². The fourth-order valence-electron chi connectivity index (χ4n) is 2.16. The number of hydrogen-bond acceptors (Lipinski definition) is 5. The van der Waals surface area contributed by atoms with E-state index in [4.69, 9.17) is 0 Å². The Morgan fingerprint density at radius 2 is 1.79 bits per heavy atom. The molecule has 0 radical (unpaired) electrons. The monoisotopic (exact) mass is 344 g/mol. The second-order valence-electron chi connectivity index (χ2n) is 6.97. The van der Waals surface area contributed by atoms with E-state index in [2.05, 4.69) is 41.3 Å². The van der Waals surface area contributed by atoms with Crippen molar-refractivity contribution in [3.8, 4) is 0 Å². The average Bonchev–Trinajstić information content (AvgIpc) is 2.52. The minimum Gasteiger partial charge on any atom is -0.265 e. The minimum absolute atomic E-state index is 0.225. The first kappa shape index (κ1) is 18.4. The molecule has 24 heavy (non-hydrogen) atoms. The first-order chi connectivity index (χ1) is 11.2. The average molecular weight is 344 g/mol. The lowest BCUT2D eigenvalue weighted by Crippen LogP contribution is -2.32.